The highest BCUT2D eigenvalue weighted by molar-refractivity contribution is 8.44. The Morgan fingerprint density at radius 1 is 0.544 bits per heavy atom. The van der Waals surface area contributed by atoms with Gasteiger partial charge in [-0.3, -0.25) is 55.5 Å². The molecule has 37 nitrogen and oxygen atoms in total. The Hall–Kier alpha value is -5.15. The number of halogens is 4. The van der Waals surface area contributed by atoms with E-state index >= 15 is 17.6 Å². The largest absolute Gasteiger partial charge is 0.387 e. The van der Waals surface area contributed by atoms with Gasteiger partial charge in [0.15, 0.2) is 101 Å². The fourth-order valence-electron chi connectivity index (χ4n) is 10.6. The number of fused-ring (bicyclic) bond motifs is 8. The number of nitrogen functional groups attached to an aromatic ring is 3. The molecular formula is C41H45F4N19O18P4S4. The van der Waals surface area contributed by atoms with Crippen molar-refractivity contribution < 1.29 is 96.7 Å². The van der Waals surface area contributed by atoms with Crippen LogP contribution in [0.25, 0.3) is 33.5 Å². The first-order chi connectivity index (χ1) is 42.6. The summed E-state index contributed by atoms with van der Waals surface area (Å²) in [4.78, 5) is 99.7. The van der Waals surface area contributed by atoms with Crippen LogP contribution in [0.3, 0.4) is 0 Å². The molecule has 20 atom stereocenters. The predicted octanol–water partition coefficient (Wildman–Crippen LogP) is 1.27. The number of alkyl halides is 4. The number of aliphatic imine (C=N–C) groups is 1. The van der Waals surface area contributed by atoms with Gasteiger partial charge in [-0.15, -0.1) is 0 Å². The second kappa shape index (κ2) is 24.0. The average molecular weight is 1420 g/mol. The predicted molar refractivity (Wildman–Crippen MR) is 309 cm³/mol. The normalized spacial score (nSPS) is 38.4. The number of nitrogens with one attached hydrogen (secondary N) is 1. The number of Topliss-reactive ketones (excluding diaryl/α,β-unsaturated/α-hetero) is 1. The number of carbonyl (C=O) groups is 1. The number of aromatic nitrogens is 14. The van der Waals surface area contributed by atoms with E-state index in [9.17, 15) is 28.8 Å². The summed E-state index contributed by atoms with van der Waals surface area (Å²) >= 11 is 19.4. The Morgan fingerprint density at radius 3 is 1.39 bits per heavy atom. The van der Waals surface area contributed by atoms with Gasteiger partial charge in [0.1, 0.15) is 78.4 Å². The van der Waals surface area contributed by atoms with Crippen molar-refractivity contribution in [1.29, 1.82) is 0 Å². The molecule has 7 aromatic rings. The van der Waals surface area contributed by atoms with Crippen molar-refractivity contribution in [2.75, 3.05) is 43.6 Å². The molecule has 0 aromatic carbocycles. The van der Waals surface area contributed by atoms with Crippen molar-refractivity contribution in [3.05, 3.63) is 54.0 Å². The minimum absolute atomic E-state index is 0.00842. The highest BCUT2D eigenvalue weighted by Crippen LogP contribution is 2.60. The zero-order chi connectivity index (χ0) is 63.7. The smallest absolute Gasteiger partial charge is 0.386 e. The van der Waals surface area contributed by atoms with E-state index in [0.717, 1.165) is 34.4 Å². The maximum atomic E-state index is 16.0. The fourth-order valence-corrected chi connectivity index (χ4v) is 16.4. The number of imidazole rings is 4. The van der Waals surface area contributed by atoms with Crippen molar-refractivity contribution in [2.45, 2.75) is 105 Å². The van der Waals surface area contributed by atoms with Crippen LogP contribution >= 0.6 is 39.2 Å². The van der Waals surface area contributed by atoms with Gasteiger partial charge in [0.25, 0.3) is 5.56 Å². The van der Waals surface area contributed by atoms with Crippen molar-refractivity contribution in [3.8, 4) is 0 Å². The maximum absolute atomic E-state index is 16.0. The SMILES string of the molecule is NC1=Nc2c(ncn2[C@@H]2O[C@@H]3COP(O)(=S)O[C@H]4[C@@H](F)[C@H](n5cnc6c(N)ncnc65)O[C@@H]4COP(O)(=S)O[C@H]3[C@H]2F)C(=O)C1.Nc1nc2c(ncn2[C@@H]2O[C@@H]3COP(O)(=S)O[C@H]4[C@@H](F)[C@H](n5cnc6c(N)ncnc65)O[C@@H]4COP(=O)(S)O[C@H]3[C@H]2F)c(=O)[nH]1. The topological polar surface area (TPSA) is 491 Å². The van der Waals surface area contributed by atoms with Gasteiger partial charge in [-0.05, 0) is 35.4 Å². The van der Waals surface area contributed by atoms with Gasteiger partial charge < -0.3 is 70.1 Å². The molecule has 7 aliphatic rings. The van der Waals surface area contributed by atoms with Gasteiger partial charge >= 0.3 is 27.0 Å². The number of anilines is 3. The number of hydrogen-bond acceptors (Lipinski definition) is 32. The first-order valence-electron chi connectivity index (χ1n) is 26.0. The van der Waals surface area contributed by atoms with Gasteiger partial charge in [-0.25, -0.2) is 67.0 Å². The molecule has 6 saturated heterocycles. The summed E-state index contributed by atoms with van der Waals surface area (Å²) in [5.74, 6) is -0.644. The fraction of sp³-hybridized carbons (Fsp3) is 0.512. The number of H-pyrrole nitrogens is 1. The lowest BCUT2D eigenvalue weighted by atomic mass is 10.1. The van der Waals surface area contributed by atoms with Crippen LogP contribution in [0, 0.1) is 0 Å². The van der Waals surface area contributed by atoms with Crippen molar-refractivity contribution >= 4 is 143 Å². The van der Waals surface area contributed by atoms with E-state index in [0.29, 0.717) is 0 Å². The molecule has 0 radical (unpaired) electrons. The summed E-state index contributed by atoms with van der Waals surface area (Å²) in [6, 6.07) is 0. The van der Waals surface area contributed by atoms with Crippen LogP contribution in [0.2, 0.25) is 0 Å². The summed E-state index contributed by atoms with van der Waals surface area (Å²) in [5.41, 5.74) is 22.7. The molecule has 49 heteroatoms. The first kappa shape index (κ1) is 63.6. The summed E-state index contributed by atoms with van der Waals surface area (Å²) in [6.07, 6.45) is -19.3. The third-order valence-corrected chi connectivity index (χ3v) is 20.9. The molecule has 12 N–H and O–H groups in total. The van der Waals surface area contributed by atoms with Crippen LogP contribution < -0.4 is 28.5 Å². The zero-order valence-corrected chi connectivity index (χ0v) is 51.7. The maximum Gasteiger partial charge on any atom is 0.386 e. The standard InChI is InChI=1S/C21H23F2N9O9P2S2.C20H22F2N10O9P2S2/c22-11-15-8(38-20(11)31-6-29-14-17(25)26-4-27-18(14)31)2-36-43(35,45)41-16-9(3-37-42(34,44)40-15)39-21(12(16)23)32-5-28-13-7(33)1-10(24)30-19(13)32;21-8-12-6(38-18(8)31-4-27-10-14(23)25-3-26-15(10)31)1-36-43(35,45)41-13-7(2-37-42(34,44)40-12)39-19(9(13)22)32-5-28-11-16(32)29-20(24)30-17(11)33/h4-6,8-9,11-12,15-16,20-21H,1-3H2,(H2,24,30)(H,34,44)(H,35,45)(H2,25,26,27);3-9,12-13,18-19H,1-2H2,(H,34,44)(H,35,45)(H2,23,25,26)(H3,24,29,30,33)/t8-,9-,11-,12-,15-,16-,20-,21-,42?,43?;6-,7-,8-,9-,12-,13-,18-,19-,42?,43?/m11/s1. The Morgan fingerprint density at radius 2 is 0.933 bits per heavy atom. The van der Waals surface area contributed by atoms with Gasteiger partial charge in [0, 0.05) is 0 Å². The first-order valence-corrected chi connectivity index (χ1v) is 36.4. The summed E-state index contributed by atoms with van der Waals surface area (Å²) in [6.45, 7) is -19.9. The lowest BCUT2D eigenvalue weighted by Crippen LogP contribution is -2.37. The number of aromatic amines is 1. The highest BCUT2D eigenvalue weighted by Gasteiger charge is 2.57. The molecule has 4 unspecified atom stereocenters. The number of ether oxygens (including phenoxy) is 4. The van der Waals surface area contributed by atoms with Crippen LogP contribution in [-0.2, 0) is 95.1 Å². The number of thiol groups is 1. The molecule has 6 fully saturated rings. The van der Waals surface area contributed by atoms with E-state index in [2.05, 4.69) is 67.1 Å². The van der Waals surface area contributed by atoms with Crippen molar-refractivity contribution in [3.63, 3.8) is 0 Å². The number of ketones is 1. The molecule has 0 aliphatic carbocycles. The van der Waals surface area contributed by atoms with Gasteiger partial charge in [0.05, 0.1) is 58.2 Å². The third kappa shape index (κ3) is 12.0. The Bertz CT molecular complexity index is 4300. The van der Waals surface area contributed by atoms with Crippen molar-refractivity contribution in [1.82, 2.24) is 68.1 Å². The van der Waals surface area contributed by atoms with Gasteiger partial charge in [-0.1, -0.05) is 12.2 Å². The Balaban J connectivity index is 0.000000165. The van der Waals surface area contributed by atoms with Gasteiger partial charge in [0.2, 0.25) is 5.95 Å². The van der Waals surface area contributed by atoms with E-state index in [1.165, 1.54) is 21.8 Å². The second-order valence-corrected chi connectivity index (χ2v) is 31.6. The minimum Gasteiger partial charge on any atom is -0.387 e. The quantitative estimate of drug-likeness (QED) is 0.0680. The zero-order valence-electron chi connectivity index (χ0n) is 44.7. The molecule has 484 valence electrons. The van der Waals surface area contributed by atoms with E-state index in [1.54, 1.807) is 0 Å². The molecular weight excluding hydrogens is 1370 g/mol. The number of nitrogens with two attached hydrogens (primary N) is 4. The number of rotatable bonds is 4. The monoisotopic (exact) mass is 1420 g/mol. The van der Waals surface area contributed by atoms with Crippen molar-refractivity contribution in [2.24, 2.45) is 10.7 Å². The third-order valence-electron chi connectivity index (χ3n) is 14.6. The molecule has 90 heavy (non-hydrogen) atoms. The van der Waals surface area contributed by atoms with Crippen LogP contribution in [0.1, 0.15) is 41.8 Å². The summed E-state index contributed by atoms with van der Waals surface area (Å²) < 4.78 is 149. The number of hydrogen-bond donors (Lipinski definition) is 9. The van der Waals surface area contributed by atoms with E-state index < -0.39 is 163 Å². The molecule has 14 heterocycles. The van der Waals surface area contributed by atoms with E-state index in [-0.39, 0.29) is 74.8 Å². The van der Waals surface area contributed by atoms with Gasteiger partial charge in [-0.2, -0.15) is 4.98 Å². The lowest BCUT2D eigenvalue weighted by molar-refractivity contribution is -0.0586. The minimum atomic E-state index is -4.43. The van der Waals surface area contributed by atoms with E-state index in [1.807, 2.05) is 0 Å². The van der Waals surface area contributed by atoms with Crippen LogP contribution in [0.4, 0.5) is 41.0 Å². The molecule has 0 bridgehead atoms. The molecule has 0 amide bonds. The molecule has 7 aromatic heterocycles. The summed E-state index contributed by atoms with van der Waals surface area (Å²) in [7, 11) is 0. The van der Waals surface area contributed by atoms with E-state index in [4.69, 9.17) is 113 Å². The van der Waals surface area contributed by atoms with Crippen LogP contribution in [0.15, 0.2) is 47.8 Å². The number of nitrogens with zero attached hydrogens (tertiary/aromatic N) is 14. The Labute approximate surface area is 518 Å². The molecule has 0 spiro atoms. The second-order valence-electron chi connectivity index (χ2n) is 20.3. The summed E-state index contributed by atoms with van der Waals surface area (Å²) in [5, 5.41) is 0. The lowest BCUT2D eigenvalue weighted by Gasteiger charge is -2.29. The molecule has 14 rings (SSSR count). The van der Waals surface area contributed by atoms with Crippen LogP contribution in [0.5, 0.6) is 0 Å². The number of carbonyl (C=O) groups excluding carboxylic acids is 1. The Kier molecular flexibility index (Phi) is 17.0. The molecule has 7 aliphatic heterocycles. The average Bonchev–Trinajstić information content (AvgIpc) is 1.65. The highest BCUT2D eigenvalue weighted by atomic mass is 32.7. The number of amidine groups is 1. The van der Waals surface area contributed by atoms with Crippen LogP contribution in [-0.4, -0.2) is 194 Å². The molecule has 0 saturated carbocycles.